The maximum atomic E-state index is 12.7. The number of aromatic nitrogens is 2. The maximum absolute atomic E-state index is 12.7. The Labute approximate surface area is 166 Å². The molecule has 2 aliphatic heterocycles. The molecule has 1 aromatic carbocycles. The smallest absolute Gasteiger partial charge is 0.272 e. The molecule has 28 heavy (non-hydrogen) atoms. The summed E-state index contributed by atoms with van der Waals surface area (Å²) >= 11 is 0. The molecule has 7 nitrogen and oxygen atoms in total. The van der Waals surface area contributed by atoms with Gasteiger partial charge in [-0.25, -0.2) is 9.97 Å². The third-order valence-electron chi connectivity index (χ3n) is 5.51. The second kappa shape index (κ2) is 8.56. The van der Waals surface area contributed by atoms with Crippen LogP contribution in [0.25, 0.3) is 0 Å². The van der Waals surface area contributed by atoms with Gasteiger partial charge in [-0.15, -0.1) is 0 Å². The third-order valence-corrected chi connectivity index (χ3v) is 5.51. The maximum Gasteiger partial charge on any atom is 0.272 e. The quantitative estimate of drug-likeness (QED) is 0.880. The van der Waals surface area contributed by atoms with Crippen molar-refractivity contribution in [1.29, 1.82) is 0 Å². The summed E-state index contributed by atoms with van der Waals surface area (Å²) in [4.78, 5) is 27.9. The van der Waals surface area contributed by atoms with E-state index in [-0.39, 0.29) is 5.91 Å². The highest BCUT2D eigenvalue weighted by Gasteiger charge is 2.21. The van der Waals surface area contributed by atoms with Crippen LogP contribution in [-0.2, 0) is 0 Å². The lowest BCUT2D eigenvalue weighted by Gasteiger charge is -2.32. The molecule has 7 heteroatoms. The number of piperazine rings is 1. The van der Waals surface area contributed by atoms with E-state index < -0.39 is 0 Å². The number of hydrogen-bond donors (Lipinski definition) is 1. The van der Waals surface area contributed by atoms with Crippen molar-refractivity contribution >= 4 is 23.2 Å². The van der Waals surface area contributed by atoms with Crippen LogP contribution in [0.3, 0.4) is 0 Å². The zero-order valence-corrected chi connectivity index (χ0v) is 16.5. The number of amides is 1. The Bertz CT molecular complexity index is 795. The Morgan fingerprint density at radius 1 is 0.929 bits per heavy atom. The van der Waals surface area contributed by atoms with Crippen LogP contribution in [0.15, 0.2) is 36.5 Å². The van der Waals surface area contributed by atoms with Crippen molar-refractivity contribution < 1.29 is 4.79 Å². The molecule has 1 aromatic heterocycles. The van der Waals surface area contributed by atoms with Gasteiger partial charge < -0.3 is 20.0 Å². The lowest BCUT2D eigenvalue weighted by Crippen LogP contribution is -2.47. The number of carbonyl (C=O) groups is 1. The molecule has 4 rings (SSSR count). The van der Waals surface area contributed by atoms with E-state index in [1.54, 1.807) is 12.3 Å². The molecular formula is C21H28N6O. The minimum Gasteiger partial charge on any atom is -0.372 e. The monoisotopic (exact) mass is 380 g/mol. The van der Waals surface area contributed by atoms with Crippen LogP contribution in [-0.4, -0.2) is 72.0 Å². The minimum absolute atomic E-state index is 0.0287. The standard InChI is InChI=1S/C21H28N6O/c1-25-13-15-27(16-14-25)20(28)19-9-10-22-21(24-19)23-17-5-7-18(8-6-17)26-11-3-2-4-12-26/h5-10H,2-4,11-16H2,1H3,(H,22,23,24). The van der Waals surface area contributed by atoms with Crippen LogP contribution in [0.2, 0.25) is 0 Å². The second-order valence-electron chi connectivity index (χ2n) is 7.58. The fraction of sp³-hybridized carbons (Fsp3) is 0.476. The molecule has 2 aliphatic rings. The number of benzene rings is 1. The molecule has 148 valence electrons. The highest BCUT2D eigenvalue weighted by Crippen LogP contribution is 2.23. The molecule has 0 unspecified atom stereocenters. The first-order chi connectivity index (χ1) is 13.7. The van der Waals surface area contributed by atoms with E-state index in [4.69, 9.17) is 0 Å². The molecule has 3 heterocycles. The molecule has 0 atom stereocenters. The fourth-order valence-corrected chi connectivity index (χ4v) is 3.75. The van der Waals surface area contributed by atoms with E-state index in [0.717, 1.165) is 45.0 Å². The van der Waals surface area contributed by atoms with Crippen molar-refractivity contribution in [2.24, 2.45) is 0 Å². The number of nitrogens with one attached hydrogen (secondary N) is 1. The van der Waals surface area contributed by atoms with Gasteiger partial charge >= 0.3 is 0 Å². The summed E-state index contributed by atoms with van der Waals surface area (Å²) in [5.41, 5.74) is 2.61. The van der Waals surface area contributed by atoms with Crippen molar-refractivity contribution in [3.63, 3.8) is 0 Å². The van der Waals surface area contributed by atoms with Crippen LogP contribution in [0.4, 0.5) is 17.3 Å². The summed E-state index contributed by atoms with van der Waals surface area (Å²) in [5.74, 6) is 0.421. The Morgan fingerprint density at radius 3 is 2.36 bits per heavy atom. The van der Waals surface area contributed by atoms with Crippen molar-refractivity contribution in [3.05, 3.63) is 42.2 Å². The summed E-state index contributed by atoms with van der Waals surface area (Å²) in [5, 5.41) is 3.22. The fourth-order valence-electron chi connectivity index (χ4n) is 3.75. The van der Waals surface area contributed by atoms with Crippen LogP contribution in [0.5, 0.6) is 0 Å². The molecular weight excluding hydrogens is 352 g/mol. The average molecular weight is 380 g/mol. The lowest BCUT2D eigenvalue weighted by atomic mass is 10.1. The molecule has 1 amide bonds. The van der Waals surface area contributed by atoms with Gasteiger partial charge in [0.15, 0.2) is 0 Å². The van der Waals surface area contributed by atoms with Gasteiger partial charge in [0, 0.05) is 56.8 Å². The van der Waals surface area contributed by atoms with Crippen molar-refractivity contribution in [3.8, 4) is 0 Å². The Balaban J connectivity index is 1.41. The van der Waals surface area contributed by atoms with E-state index in [9.17, 15) is 4.79 Å². The lowest BCUT2D eigenvalue weighted by molar-refractivity contribution is 0.0658. The van der Waals surface area contributed by atoms with Crippen LogP contribution < -0.4 is 10.2 Å². The van der Waals surface area contributed by atoms with Gasteiger partial charge in [-0.1, -0.05) is 0 Å². The van der Waals surface area contributed by atoms with E-state index in [2.05, 4.69) is 44.3 Å². The van der Waals surface area contributed by atoms with Crippen LogP contribution >= 0.6 is 0 Å². The molecule has 0 saturated carbocycles. The first kappa shape index (κ1) is 18.7. The number of likely N-dealkylation sites (N-methyl/N-ethyl adjacent to an activating group) is 1. The van der Waals surface area contributed by atoms with Crippen molar-refractivity contribution in [1.82, 2.24) is 19.8 Å². The highest BCUT2D eigenvalue weighted by molar-refractivity contribution is 5.92. The second-order valence-corrected chi connectivity index (χ2v) is 7.58. The topological polar surface area (TPSA) is 64.6 Å². The normalized spacial score (nSPS) is 18.2. The van der Waals surface area contributed by atoms with Crippen molar-refractivity contribution in [2.75, 3.05) is 56.5 Å². The third kappa shape index (κ3) is 4.42. The van der Waals surface area contributed by atoms with Gasteiger partial charge in [0.25, 0.3) is 5.91 Å². The van der Waals surface area contributed by atoms with Crippen molar-refractivity contribution in [2.45, 2.75) is 19.3 Å². The summed E-state index contributed by atoms with van der Waals surface area (Å²) in [6.45, 7) is 5.52. The Morgan fingerprint density at radius 2 is 1.64 bits per heavy atom. The average Bonchev–Trinajstić information content (AvgIpc) is 2.75. The number of piperidine rings is 1. The zero-order valence-electron chi connectivity index (χ0n) is 16.5. The predicted octanol–water partition coefficient (Wildman–Crippen LogP) is 2.60. The number of carbonyl (C=O) groups excluding carboxylic acids is 1. The summed E-state index contributed by atoms with van der Waals surface area (Å²) < 4.78 is 0. The molecule has 0 aliphatic carbocycles. The molecule has 1 N–H and O–H groups in total. The van der Waals surface area contributed by atoms with Gasteiger partial charge in [-0.3, -0.25) is 4.79 Å². The minimum atomic E-state index is -0.0287. The number of nitrogens with zero attached hydrogens (tertiary/aromatic N) is 5. The number of hydrogen-bond acceptors (Lipinski definition) is 6. The van der Waals surface area contributed by atoms with E-state index in [1.165, 1.54) is 24.9 Å². The Kier molecular flexibility index (Phi) is 5.71. The molecule has 2 fully saturated rings. The van der Waals surface area contributed by atoms with E-state index in [0.29, 0.717) is 11.6 Å². The molecule has 0 radical (unpaired) electrons. The van der Waals surface area contributed by atoms with Gasteiger partial charge in [-0.05, 0) is 56.6 Å². The number of anilines is 3. The largest absolute Gasteiger partial charge is 0.372 e. The molecule has 0 spiro atoms. The first-order valence-corrected chi connectivity index (χ1v) is 10.1. The first-order valence-electron chi connectivity index (χ1n) is 10.1. The highest BCUT2D eigenvalue weighted by atomic mass is 16.2. The SMILES string of the molecule is CN1CCN(C(=O)c2ccnc(Nc3ccc(N4CCCCC4)cc3)n2)CC1. The van der Waals surface area contributed by atoms with Gasteiger partial charge in [0.2, 0.25) is 5.95 Å². The van der Waals surface area contributed by atoms with E-state index >= 15 is 0 Å². The molecule has 0 bridgehead atoms. The van der Waals surface area contributed by atoms with Crippen LogP contribution in [0.1, 0.15) is 29.8 Å². The summed E-state index contributed by atoms with van der Waals surface area (Å²) in [6, 6.07) is 10.0. The van der Waals surface area contributed by atoms with Gasteiger partial charge in [0.05, 0.1) is 0 Å². The molecule has 2 saturated heterocycles. The zero-order chi connectivity index (χ0) is 19.3. The van der Waals surface area contributed by atoms with Gasteiger partial charge in [-0.2, -0.15) is 0 Å². The Hall–Kier alpha value is -2.67. The van der Waals surface area contributed by atoms with E-state index in [1.807, 2.05) is 17.0 Å². The summed E-state index contributed by atoms with van der Waals surface area (Å²) in [7, 11) is 2.07. The summed E-state index contributed by atoms with van der Waals surface area (Å²) in [6.07, 6.45) is 5.50. The number of rotatable bonds is 4. The van der Waals surface area contributed by atoms with Crippen LogP contribution in [0, 0.1) is 0 Å². The van der Waals surface area contributed by atoms with Gasteiger partial charge in [0.1, 0.15) is 5.69 Å². The predicted molar refractivity (Wildman–Crippen MR) is 111 cm³/mol. The molecule has 2 aromatic rings.